The van der Waals surface area contributed by atoms with E-state index in [2.05, 4.69) is 12.2 Å². The monoisotopic (exact) mass is 249 g/mol. The van der Waals surface area contributed by atoms with Crippen LogP contribution >= 0.6 is 0 Å². The molecule has 104 valence electrons. The molecule has 0 radical (unpaired) electrons. The summed E-state index contributed by atoms with van der Waals surface area (Å²) >= 11 is 0. The summed E-state index contributed by atoms with van der Waals surface area (Å²) in [5.74, 6) is 0. The second-order valence-corrected chi connectivity index (χ2v) is 3.79. The third-order valence-corrected chi connectivity index (χ3v) is 2.45. The minimum Gasteiger partial charge on any atom is -0.396 e. The molecule has 0 aromatic carbocycles. The Balaban J connectivity index is 3.11. The van der Waals surface area contributed by atoms with E-state index in [1.807, 2.05) is 0 Å². The molecule has 0 heterocycles. The normalized spacial score (nSPS) is 12.9. The van der Waals surface area contributed by atoms with Gasteiger partial charge in [-0.05, 0) is 12.8 Å². The molecule has 5 nitrogen and oxygen atoms in total. The van der Waals surface area contributed by atoms with Crippen molar-refractivity contribution >= 4 is 0 Å². The van der Waals surface area contributed by atoms with Crippen LogP contribution in [0.1, 0.15) is 19.8 Å². The molecule has 17 heavy (non-hydrogen) atoms. The Hall–Kier alpha value is -0.200. The Morgan fingerprint density at radius 1 is 1.06 bits per heavy atom. The van der Waals surface area contributed by atoms with Gasteiger partial charge in [0.05, 0.1) is 33.0 Å². The van der Waals surface area contributed by atoms with E-state index in [0.29, 0.717) is 39.1 Å². The molecule has 2 N–H and O–H groups in total. The predicted octanol–water partition coefficient (Wildman–Crippen LogP) is 0.417. The lowest BCUT2D eigenvalue weighted by molar-refractivity contribution is 0.0251. The molecule has 0 saturated carbocycles. The smallest absolute Gasteiger partial charge is 0.0701 e. The summed E-state index contributed by atoms with van der Waals surface area (Å²) in [5, 5.41) is 12.1. The van der Waals surface area contributed by atoms with E-state index in [0.717, 1.165) is 19.4 Å². The van der Waals surface area contributed by atoms with Crippen molar-refractivity contribution in [3.63, 3.8) is 0 Å². The van der Waals surface area contributed by atoms with Gasteiger partial charge in [0.15, 0.2) is 0 Å². The van der Waals surface area contributed by atoms with E-state index in [1.165, 1.54) is 0 Å². The third kappa shape index (κ3) is 12.1. The van der Waals surface area contributed by atoms with Crippen LogP contribution in [0.2, 0.25) is 0 Å². The highest BCUT2D eigenvalue weighted by Gasteiger charge is 2.03. The molecule has 0 spiro atoms. The quantitative estimate of drug-likeness (QED) is 0.463. The maximum Gasteiger partial charge on any atom is 0.0701 e. The number of rotatable bonds is 13. The highest BCUT2D eigenvalue weighted by atomic mass is 16.5. The average Bonchev–Trinajstić information content (AvgIpc) is 2.35. The molecule has 0 aromatic rings. The fourth-order valence-corrected chi connectivity index (χ4v) is 1.41. The summed E-state index contributed by atoms with van der Waals surface area (Å²) in [6.45, 7) is 6.30. The largest absolute Gasteiger partial charge is 0.396 e. The van der Waals surface area contributed by atoms with Gasteiger partial charge >= 0.3 is 0 Å². The Morgan fingerprint density at radius 2 is 1.71 bits per heavy atom. The van der Waals surface area contributed by atoms with Gasteiger partial charge in [-0.1, -0.05) is 6.92 Å². The molecule has 0 amide bonds. The average molecular weight is 249 g/mol. The van der Waals surface area contributed by atoms with Gasteiger partial charge in [-0.15, -0.1) is 0 Å². The standard InChI is InChI=1S/C12H27NO4/c1-3-12(4-6-14)13-5-7-16-10-11-17-9-8-15-2/h12-14H,3-11H2,1-2H3. The third-order valence-electron chi connectivity index (χ3n) is 2.45. The second-order valence-electron chi connectivity index (χ2n) is 3.79. The Kier molecular flexibility index (Phi) is 13.7. The number of methoxy groups -OCH3 is 1. The Morgan fingerprint density at radius 3 is 2.29 bits per heavy atom. The minimum atomic E-state index is 0.236. The SMILES string of the molecule is CCC(CCO)NCCOCCOCCOC. The van der Waals surface area contributed by atoms with E-state index in [1.54, 1.807) is 7.11 Å². The van der Waals surface area contributed by atoms with Gasteiger partial charge in [0.1, 0.15) is 0 Å². The first-order valence-electron chi connectivity index (χ1n) is 6.33. The molecule has 0 saturated heterocycles. The van der Waals surface area contributed by atoms with Crippen LogP contribution in [-0.2, 0) is 14.2 Å². The molecule has 0 aromatic heterocycles. The van der Waals surface area contributed by atoms with Crippen molar-refractivity contribution in [1.29, 1.82) is 0 Å². The molecular formula is C12H27NO4. The molecule has 0 bridgehead atoms. The van der Waals surface area contributed by atoms with Gasteiger partial charge in [0, 0.05) is 26.3 Å². The number of ether oxygens (including phenoxy) is 3. The molecule has 1 atom stereocenters. The summed E-state index contributed by atoms with van der Waals surface area (Å²) in [5.41, 5.74) is 0. The van der Waals surface area contributed by atoms with Gasteiger partial charge in [-0.3, -0.25) is 0 Å². The van der Waals surface area contributed by atoms with Crippen molar-refractivity contribution in [2.45, 2.75) is 25.8 Å². The van der Waals surface area contributed by atoms with Crippen LogP contribution in [0, 0.1) is 0 Å². The zero-order chi connectivity index (χ0) is 12.8. The maximum absolute atomic E-state index is 8.81. The van der Waals surface area contributed by atoms with Crippen LogP contribution in [0.25, 0.3) is 0 Å². The van der Waals surface area contributed by atoms with Crippen molar-refractivity contribution in [3.05, 3.63) is 0 Å². The fourth-order valence-electron chi connectivity index (χ4n) is 1.41. The molecule has 0 aliphatic carbocycles. The van der Waals surface area contributed by atoms with E-state index >= 15 is 0 Å². The fraction of sp³-hybridized carbons (Fsp3) is 1.00. The van der Waals surface area contributed by atoms with Crippen molar-refractivity contribution in [2.75, 3.05) is 53.3 Å². The number of nitrogens with one attached hydrogen (secondary N) is 1. The van der Waals surface area contributed by atoms with Crippen molar-refractivity contribution in [1.82, 2.24) is 5.32 Å². The summed E-state index contributed by atoms with van der Waals surface area (Å²) in [6.07, 6.45) is 1.83. The minimum absolute atomic E-state index is 0.236. The molecule has 0 fully saturated rings. The van der Waals surface area contributed by atoms with Crippen LogP contribution in [0.4, 0.5) is 0 Å². The summed E-state index contributed by atoms with van der Waals surface area (Å²) < 4.78 is 15.5. The van der Waals surface area contributed by atoms with Crippen LogP contribution in [0.5, 0.6) is 0 Å². The van der Waals surface area contributed by atoms with Gasteiger partial charge in [0.2, 0.25) is 0 Å². The lowest BCUT2D eigenvalue weighted by Gasteiger charge is -2.15. The van der Waals surface area contributed by atoms with Crippen molar-refractivity contribution in [3.8, 4) is 0 Å². The Labute approximate surface area is 104 Å². The number of hydrogen-bond acceptors (Lipinski definition) is 5. The van der Waals surface area contributed by atoms with Crippen LogP contribution in [0.3, 0.4) is 0 Å². The highest BCUT2D eigenvalue weighted by Crippen LogP contribution is 1.95. The predicted molar refractivity (Wildman–Crippen MR) is 67.3 cm³/mol. The zero-order valence-corrected chi connectivity index (χ0v) is 11.1. The molecule has 0 rings (SSSR count). The second kappa shape index (κ2) is 13.9. The topological polar surface area (TPSA) is 60.0 Å². The van der Waals surface area contributed by atoms with Crippen LogP contribution in [0.15, 0.2) is 0 Å². The van der Waals surface area contributed by atoms with Crippen LogP contribution < -0.4 is 5.32 Å². The number of aliphatic hydroxyl groups excluding tert-OH is 1. The van der Waals surface area contributed by atoms with E-state index in [9.17, 15) is 0 Å². The number of aliphatic hydroxyl groups is 1. The lowest BCUT2D eigenvalue weighted by Crippen LogP contribution is -2.32. The van der Waals surface area contributed by atoms with Gasteiger partial charge in [-0.25, -0.2) is 0 Å². The van der Waals surface area contributed by atoms with Gasteiger partial charge in [-0.2, -0.15) is 0 Å². The summed E-state index contributed by atoms with van der Waals surface area (Å²) in [6, 6.07) is 0.390. The molecule has 5 heteroatoms. The van der Waals surface area contributed by atoms with E-state index in [-0.39, 0.29) is 6.61 Å². The molecular weight excluding hydrogens is 222 g/mol. The first-order chi connectivity index (χ1) is 8.35. The molecule has 0 aliphatic heterocycles. The van der Waals surface area contributed by atoms with Crippen molar-refractivity contribution < 1.29 is 19.3 Å². The number of hydrogen-bond donors (Lipinski definition) is 2. The summed E-state index contributed by atoms with van der Waals surface area (Å²) in [7, 11) is 1.65. The first-order valence-corrected chi connectivity index (χ1v) is 6.33. The summed E-state index contributed by atoms with van der Waals surface area (Å²) in [4.78, 5) is 0. The van der Waals surface area contributed by atoms with E-state index in [4.69, 9.17) is 19.3 Å². The van der Waals surface area contributed by atoms with Crippen LogP contribution in [-0.4, -0.2) is 64.4 Å². The highest BCUT2D eigenvalue weighted by molar-refractivity contribution is 4.63. The van der Waals surface area contributed by atoms with Crippen molar-refractivity contribution in [2.24, 2.45) is 0 Å². The molecule has 1 unspecified atom stereocenters. The Bertz CT molecular complexity index is 146. The van der Waals surface area contributed by atoms with Gasteiger partial charge in [0.25, 0.3) is 0 Å². The van der Waals surface area contributed by atoms with Gasteiger partial charge < -0.3 is 24.6 Å². The lowest BCUT2D eigenvalue weighted by atomic mass is 10.1. The van der Waals surface area contributed by atoms with E-state index < -0.39 is 0 Å². The zero-order valence-electron chi connectivity index (χ0n) is 11.1. The first kappa shape index (κ1) is 16.8. The molecule has 0 aliphatic rings. The maximum atomic E-state index is 8.81.